The lowest BCUT2D eigenvalue weighted by atomic mass is 10.1. The molecule has 1 rings (SSSR count). The zero-order valence-electron chi connectivity index (χ0n) is 19.1. The highest BCUT2D eigenvalue weighted by atomic mass is 31.2. The number of amides is 1. The van der Waals surface area contributed by atoms with Gasteiger partial charge < -0.3 is 20.4 Å². The molecule has 31 heavy (non-hydrogen) atoms. The summed E-state index contributed by atoms with van der Waals surface area (Å²) < 4.78 is 10.6. The first-order chi connectivity index (χ1) is 14.7. The van der Waals surface area contributed by atoms with E-state index >= 15 is 0 Å². The van der Waals surface area contributed by atoms with Gasteiger partial charge in [0.25, 0.3) is 0 Å². The summed E-state index contributed by atoms with van der Waals surface area (Å²) in [4.78, 5) is 27.4. The second-order valence-electron chi connectivity index (χ2n) is 7.39. The fourth-order valence-electron chi connectivity index (χ4n) is 2.49. The van der Waals surface area contributed by atoms with E-state index in [4.69, 9.17) is 9.79 Å². The van der Waals surface area contributed by atoms with Crippen LogP contribution < -0.4 is 10.6 Å². The van der Waals surface area contributed by atoms with Gasteiger partial charge in [0.15, 0.2) is 0 Å². The van der Waals surface area contributed by atoms with Crippen LogP contribution in [0, 0.1) is 0 Å². The molecule has 0 saturated carbocycles. The van der Waals surface area contributed by atoms with Gasteiger partial charge in [0.2, 0.25) is 6.41 Å². The van der Waals surface area contributed by atoms with Gasteiger partial charge in [0, 0.05) is 13.1 Å². The minimum absolute atomic E-state index is 0.0549. The highest BCUT2D eigenvalue weighted by Crippen LogP contribution is 2.34. The molecule has 0 aromatic rings. The van der Waals surface area contributed by atoms with Gasteiger partial charge in [-0.25, -0.2) is 0 Å². The average Bonchev–Trinajstić information content (AvgIpc) is 2.93. The van der Waals surface area contributed by atoms with E-state index in [0.717, 1.165) is 37.8 Å². The SMILES string of the molecule is C=C/C(C)=C\C=C(/CC)CNCCCP(=O)(O)O.CC1=CC=C(CCNC=O)C=CC1. The van der Waals surface area contributed by atoms with Crippen LogP contribution in [-0.4, -0.2) is 42.0 Å². The van der Waals surface area contributed by atoms with E-state index in [9.17, 15) is 9.36 Å². The Morgan fingerprint density at radius 2 is 2.00 bits per heavy atom. The lowest BCUT2D eigenvalue weighted by Gasteiger charge is -2.07. The Hall–Kier alpha value is -1.98. The Balaban J connectivity index is 0.000000609. The highest BCUT2D eigenvalue weighted by Gasteiger charge is 2.10. The van der Waals surface area contributed by atoms with E-state index in [0.29, 0.717) is 19.5 Å². The molecular formula is C24H39N2O4P. The molecule has 0 aromatic heterocycles. The van der Waals surface area contributed by atoms with Crippen LogP contribution in [0.2, 0.25) is 0 Å². The van der Waals surface area contributed by atoms with Crippen molar-refractivity contribution in [3.8, 4) is 0 Å². The first kappa shape index (κ1) is 29.0. The van der Waals surface area contributed by atoms with Gasteiger partial charge in [-0.1, -0.05) is 72.8 Å². The second-order valence-corrected chi connectivity index (χ2v) is 9.17. The predicted octanol–water partition coefficient (Wildman–Crippen LogP) is 4.57. The maximum Gasteiger partial charge on any atom is 0.325 e. The van der Waals surface area contributed by atoms with E-state index in [-0.39, 0.29) is 6.16 Å². The van der Waals surface area contributed by atoms with Crippen molar-refractivity contribution in [2.24, 2.45) is 0 Å². The summed E-state index contributed by atoms with van der Waals surface area (Å²) in [6.07, 6.45) is 18.5. The quantitative estimate of drug-likeness (QED) is 0.143. The molecule has 0 unspecified atom stereocenters. The molecule has 0 heterocycles. The van der Waals surface area contributed by atoms with Crippen molar-refractivity contribution in [3.63, 3.8) is 0 Å². The van der Waals surface area contributed by atoms with Gasteiger partial charge in [-0.3, -0.25) is 9.36 Å². The fourth-order valence-corrected chi connectivity index (χ4v) is 3.06. The predicted molar refractivity (Wildman–Crippen MR) is 131 cm³/mol. The number of carbonyl (C=O) groups is 1. The molecule has 1 aliphatic rings. The molecule has 4 N–H and O–H groups in total. The molecule has 0 aliphatic heterocycles. The molecule has 174 valence electrons. The lowest BCUT2D eigenvalue weighted by Crippen LogP contribution is -2.19. The third kappa shape index (κ3) is 18.5. The third-order valence-electron chi connectivity index (χ3n) is 4.51. The summed E-state index contributed by atoms with van der Waals surface area (Å²) >= 11 is 0. The zero-order valence-corrected chi connectivity index (χ0v) is 20.0. The summed E-state index contributed by atoms with van der Waals surface area (Å²) in [5.41, 5.74) is 5.01. The molecule has 0 spiro atoms. The Bertz CT molecular complexity index is 743. The molecule has 0 saturated heterocycles. The maximum absolute atomic E-state index is 10.6. The van der Waals surface area contributed by atoms with Crippen molar-refractivity contribution in [3.05, 3.63) is 71.4 Å². The molecule has 1 aliphatic carbocycles. The van der Waals surface area contributed by atoms with Crippen molar-refractivity contribution in [1.82, 2.24) is 10.6 Å². The number of hydrogen-bond acceptors (Lipinski definition) is 3. The third-order valence-corrected chi connectivity index (χ3v) is 5.41. The van der Waals surface area contributed by atoms with Gasteiger partial charge in [-0.15, -0.1) is 0 Å². The van der Waals surface area contributed by atoms with Crippen molar-refractivity contribution >= 4 is 14.0 Å². The van der Waals surface area contributed by atoms with E-state index in [1.165, 1.54) is 16.7 Å². The number of rotatable bonds is 13. The first-order valence-electron chi connectivity index (χ1n) is 10.7. The Morgan fingerprint density at radius 3 is 2.61 bits per heavy atom. The molecule has 0 atom stereocenters. The van der Waals surface area contributed by atoms with Gasteiger partial charge in [-0.05, 0) is 51.6 Å². The van der Waals surface area contributed by atoms with Crippen molar-refractivity contribution in [2.75, 3.05) is 25.8 Å². The van der Waals surface area contributed by atoms with E-state index in [1.54, 1.807) is 6.08 Å². The first-order valence-corrected chi connectivity index (χ1v) is 12.5. The Morgan fingerprint density at radius 1 is 1.26 bits per heavy atom. The van der Waals surface area contributed by atoms with E-state index in [1.807, 2.05) is 13.0 Å². The number of carbonyl (C=O) groups excluding carboxylic acids is 1. The van der Waals surface area contributed by atoms with Crippen LogP contribution in [0.3, 0.4) is 0 Å². The van der Waals surface area contributed by atoms with Crippen LogP contribution in [-0.2, 0) is 9.36 Å². The molecule has 7 heteroatoms. The molecule has 0 bridgehead atoms. The summed E-state index contributed by atoms with van der Waals surface area (Å²) in [5.74, 6) is 0. The van der Waals surface area contributed by atoms with E-state index < -0.39 is 7.60 Å². The van der Waals surface area contributed by atoms with Crippen molar-refractivity contribution < 1.29 is 19.1 Å². The standard InChI is InChI=1S/C13H24NO3P.C11H15NO/c1-4-12(3)7-8-13(5-2)11-14-9-6-10-18(15,16)17;1-10-3-2-4-11(6-5-10)7-8-12-9-13/h4,7-8,14H,1,5-6,9-11H2,2-3H3,(H2,15,16,17);2,4-6,9H,3,7-8H2,1H3,(H,12,13)/b12-7-,13-8+;. The smallest absolute Gasteiger partial charge is 0.325 e. The number of hydrogen-bond donors (Lipinski definition) is 4. The summed E-state index contributed by atoms with van der Waals surface area (Å²) in [5, 5.41) is 5.84. The number of allylic oxidation sites excluding steroid dienone is 9. The van der Waals surface area contributed by atoms with Crippen LogP contribution in [0.4, 0.5) is 0 Å². The molecule has 0 aromatic carbocycles. The average molecular weight is 451 g/mol. The minimum Gasteiger partial charge on any atom is -0.358 e. The molecule has 1 amide bonds. The van der Waals surface area contributed by atoms with Crippen LogP contribution in [0.15, 0.2) is 71.4 Å². The molecule has 0 radical (unpaired) electrons. The van der Waals surface area contributed by atoms with Crippen molar-refractivity contribution in [2.45, 2.75) is 46.5 Å². The van der Waals surface area contributed by atoms with Gasteiger partial charge in [0.05, 0.1) is 6.16 Å². The van der Waals surface area contributed by atoms with Gasteiger partial charge in [-0.2, -0.15) is 0 Å². The van der Waals surface area contributed by atoms with Crippen LogP contribution in [0.1, 0.15) is 46.5 Å². The van der Waals surface area contributed by atoms with Crippen LogP contribution in [0.25, 0.3) is 0 Å². The molecule has 0 fully saturated rings. The lowest BCUT2D eigenvalue weighted by molar-refractivity contribution is -0.109. The Labute approximate surface area is 187 Å². The largest absolute Gasteiger partial charge is 0.358 e. The molecule has 6 nitrogen and oxygen atoms in total. The van der Waals surface area contributed by atoms with Crippen LogP contribution in [0.5, 0.6) is 0 Å². The zero-order chi connectivity index (χ0) is 23.5. The highest BCUT2D eigenvalue weighted by molar-refractivity contribution is 7.51. The minimum atomic E-state index is -3.84. The fraction of sp³-hybridized carbons (Fsp3) is 0.458. The van der Waals surface area contributed by atoms with Crippen LogP contribution >= 0.6 is 7.60 Å². The number of nitrogens with one attached hydrogen (secondary N) is 2. The Kier molecular flexibility index (Phi) is 16.5. The van der Waals surface area contributed by atoms with Gasteiger partial charge in [0.1, 0.15) is 0 Å². The second kappa shape index (κ2) is 17.7. The van der Waals surface area contributed by atoms with Crippen molar-refractivity contribution in [1.29, 1.82) is 0 Å². The normalized spacial score (nSPS) is 14.6. The molecular weight excluding hydrogens is 411 g/mol. The topological polar surface area (TPSA) is 98.7 Å². The summed E-state index contributed by atoms with van der Waals surface area (Å²) in [6, 6.07) is 0. The van der Waals surface area contributed by atoms with Gasteiger partial charge >= 0.3 is 7.60 Å². The summed E-state index contributed by atoms with van der Waals surface area (Å²) in [6.45, 7) is 12.0. The maximum atomic E-state index is 10.6. The summed E-state index contributed by atoms with van der Waals surface area (Å²) in [7, 11) is -3.84. The monoisotopic (exact) mass is 450 g/mol. The van der Waals surface area contributed by atoms with E-state index in [2.05, 4.69) is 61.4 Å².